The Kier molecular flexibility index (Phi) is 4.08. The van der Waals surface area contributed by atoms with Gasteiger partial charge in [-0.15, -0.1) is 0 Å². The van der Waals surface area contributed by atoms with Gasteiger partial charge in [0.05, 0.1) is 11.4 Å². The molecule has 0 radical (unpaired) electrons. The van der Waals surface area contributed by atoms with E-state index < -0.39 is 0 Å². The molecule has 1 fully saturated rings. The molecule has 0 aliphatic heterocycles. The largest absolute Gasteiger partial charge is 0.395 e. The highest BCUT2D eigenvalue weighted by molar-refractivity contribution is 8.00. The Morgan fingerprint density at radius 1 is 1.58 bits per heavy atom. The topological polar surface area (TPSA) is 83.8 Å². The number of rotatable bonds is 5. The average molecular weight is 282 g/mol. The summed E-state index contributed by atoms with van der Waals surface area (Å²) in [5.41, 5.74) is 7.58. The Morgan fingerprint density at radius 3 is 2.68 bits per heavy atom. The number of carbonyl (C=O) groups is 1. The molecule has 106 valence electrons. The number of thioether (sulfide) groups is 1. The zero-order chi connectivity index (χ0) is 14.0. The minimum Gasteiger partial charge on any atom is -0.395 e. The first-order valence-corrected chi connectivity index (χ1v) is 7.88. The van der Waals surface area contributed by atoms with Crippen LogP contribution in [-0.2, 0) is 0 Å². The van der Waals surface area contributed by atoms with E-state index in [2.05, 4.69) is 21.8 Å². The molecule has 19 heavy (non-hydrogen) atoms. The molecular formula is C13H22N4OS. The van der Waals surface area contributed by atoms with Crippen molar-refractivity contribution in [3.8, 4) is 0 Å². The Morgan fingerprint density at radius 2 is 2.26 bits per heavy atom. The molecule has 0 atom stereocenters. The van der Waals surface area contributed by atoms with E-state index in [-0.39, 0.29) is 16.6 Å². The van der Waals surface area contributed by atoms with Crippen LogP contribution in [0.5, 0.6) is 0 Å². The summed E-state index contributed by atoms with van der Waals surface area (Å²) in [6, 6.07) is 0. The zero-order valence-electron chi connectivity index (χ0n) is 11.7. The molecule has 1 saturated carbocycles. The standard InChI is InChI=1S/C13H22N4OS/c1-8(2)10-9(14)11(17-16-10)12(18)15-7-13(19-3)5-4-6-13/h8H,4-7,14H2,1-3H3,(H,15,18)(H,16,17). The third-order valence-electron chi connectivity index (χ3n) is 3.89. The number of nitrogen functional groups attached to an aromatic ring is 1. The van der Waals surface area contributed by atoms with Crippen molar-refractivity contribution in [3.63, 3.8) is 0 Å². The van der Waals surface area contributed by atoms with Gasteiger partial charge in [-0.25, -0.2) is 0 Å². The Bertz CT molecular complexity index is 460. The van der Waals surface area contributed by atoms with Gasteiger partial charge in [0, 0.05) is 11.3 Å². The minimum absolute atomic E-state index is 0.180. The first kappa shape index (κ1) is 14.2. The van der Waals surface area contributed by atoms with Gasteiger partial charge < -0.3 is 11.1 Å². The molecule has 1 aromatic rings. The van der Waals surface area contributed by atoms with E-state index in [0.29, 0.717) is 17.9 Å². The van der Waals surface area contributed by atoms with Crippen LogP contribution in [0, 0.1) is 0 Å². The molecule has 4 N–H and O–H groups in total. The Balaban J connectivity index is 2.00. The number of nitrogens with one attached hydrogen (secondary N) is 2. The molecule has 1 amide bonds. The van der Waals surface area contributed by atoms with Crippen LogP contribution in [0.4, 0.5) is 5.69 Å². The lowest BCUT2D eigenvalue weighted by Gasteiger charge is -2.40. The number of anilines is 1. The van der Waals surface area contributed by atoms with Crippen LogP contribution in [0.1, 0.15) is 55.2 Å². The molecular weight excluding hydrogens is 260 g/mol. The maximum Gasteiger partial charge on any atom is 0.273 e. The lowest BCUT2D eigenvalue weighted by molar-refractivity contribution is 0.0940. The normalized spacial score (nSPS) is 17.3. The summed E-state index contributed by atoms with van der Waals surface area (Å²) < 4.78 is 0.224. The summed E-state index contributed by atoms with van der Waals surface area (Å²) >= 11 is 1.84. The van der Waals surface area contributed by atoms with Gasteiger partial charge in [-0.2, -0.15) is 16.9 Å². The SMILES string of the molecule is CSC1(CNC(=O)c2n[nH]c(C(C)C)c2N)CCC1. The second-order valence-electron chi connectivity index (χ2n) is 5.48. The highest BCUT2D eigenvalue weighted by Gasteiger charge is 2.36. The maximum atomic E-state index is 12.1. The highest BCUT2D eigenvalue weighted by atomic mass is 32.2. The van der Waals surface area contributed by atoms with Gasteiger partial charge in [0.1, 0.15) is 0 Å². The third-order valence-corrected chi connectivity index (χ3v) is 5.31. The van der Waals surface area contributed by atoms with Crippen molar-refractivity contribution in [2.45, 2.75) is 43.8 Å². The van der Waals surface area contributed by atoms with E-state index in [4.69, 9.17) is 5.73 Å². The first-order chi connectivity index (χ1) is 8.99. The first-order valence-electron chi connectivity index (χ1n) is 6.66. The molecule has 0 bridgehead atoms. The number of carbonyl (C=O) groups excluding carboxylic acids is 1. The van der Waals surface area contributed by atoms with E-state index >= 15 is 0 Å². The van der Waals surface area contributed by atoms with Crippen molar-refractivity contribution < 1.29 is 4.79 Å². The van der Waals surface area contributed by atoms with Gasteiger partial charge in [0.2, 0.25) is 0 Å². The van der Waals surface area contributed by atoms with Crippen LogP contribution in [0.25, 0.3) is 0 Å². The molecule has 5 nitrogen and oxygen atoms in total. The number of hydrogen-bond acceptors (Lipinski definition) is 4. The fraction of sp³-hybridized carbons (Fsp3) is 0.692. The van der Waals surface area contributed by atoms with E-state index in [9.17, 15) is 4.79 Å². The van der Waals surface area contributed by atoms with Gasteiger partial charge in [-0.05, 0) is 25.0 Å². The van der Waals surface area contributed by atoms with Crippen LogP contribution in [0.2, 0.25) is 0 Å². The average Bonchev–Trinajstić information content (AvgIpc) is 2.70. The van der Waals surface area contributed by atoms with Crippen LogP contribution < -0.4 is 11.1 Å². The van der Waals surface area contributed by atoms with Crippen molar-refractivity contribution in [1.82, 2.24) is 15.5 Å². The number of H-pyrrole nitrogens is 1. The van der Waals surface area contributed by atoms with Crippen molar-refractivity contribution in [2.24, 2.45) is 0 Å². The quantitative estimate of drug-likeness (QED) is 0.772. The predicted octanol–water partition coefficient (Wildman–Crippen LogP) is 2.13. The zero-order valence-corrected chi connectivity index (χ0v) is 12.6. The fourth-order valence-electron chi connectivity index (χ4n) is 2.33. The van der Waals surface area contributed by atoms with Crippen LogP contribution >= 0.6 is 11.8 Å². The second kappa shape index (κ2) is 5.45. The summed E-state index contributed by atoms with van der Waals surface area (Å²) in [6.07, 6.45) is 5.69. The van der Waals surface area contributed by atoms with Gasteiger partial charge >= 0.3 is 0 Å². The number of amides is 1. The van der Waals surface area contributed by atoms with Gasteiger partial charge in [-0.3, -0.25) is 9.89 Å². The summed E-state index contributed by atoms with van der Waals surface area (Å²) in [5.74, 6) is 0.0548. The van der Waals surface area contributed by atoms with Crippen LogP contribution in [0.3, 0.4) is 0 Å². The molecule has 1 aliphatic rings. The van der Waals surface area contributed by atoms with Gasteiger partial charge in [0.15, 0.2) is 5.69 Å². The van der Waals surface area contributed by atoms with E-state index in [1.807, 2.05) is 25.6 Å². The van der Waals surface area contributed by atoms with E-state index in [0.717, 1.165) is 5.69 Å². The van der Waals surface area contributed by atoms with Crippen molar-refractivity contribution in [1.29, 1.82) is 0 Å². The monoisotopic (exact) mass is 282 g/mol. The van der Waals surface area contributed by atoms with E-state index in [1.54, 1.807) is 0 Å². The van der Waals surface area contributed by atoms with Crippen molar-refractivity contribution in [2.75, 3.05) is 18.5 Å². The van der Waals surface area contributed by atoms with Crippen LogP contribution in [0.15, 0.2) is 0 Å². The molecule has 1 aromatic heterocycles. The van der Waals surface area contributed by atoms with Gasteiger partial charge in [0.25, 0.3) is 5.91 Å². The second-order valence-corrected chi connectivity index (χ2v) is 6.75. The number of nitrogens with two attached hydrogens (primary N) is 1. The third kappa shape index (κ3) is 2.73. The molecule has 0 unspecified atom stereocenters. The summed E-state index contributed by atoms with van der Waals surface area (Å²) in [7, 11) is 0. The molecule has 0 aromatic carbocycles. The summed E-state index contributed by atoms with van der Waals surface area (Å²) in [4.78, 5) is 12.1. The fourth-order valence-corrected chi connectivity index (χ4v) is 3.24. The summed E-state index contributed by atoms with van der Waals surface area (Å²) in [6.45, 7) is 4.72. The Labute approximate surface area is 118 Å². The Hall–Kier alpha value is -1.17. The number of aromatic nitrogens is 2. The van der Waals surface area contributed by atoms with E-state index in [1.165, 1.54) is 19.3 Å². The molecule has 2 rings (SSSR count). The molecule has 1 heterocycles. The van der Waals surface area contributed by atoms with Crippen molar-refractivity contribution in [3.05, 3.63) is 11.4 Å². The smallest absolute Gasteiger partial charge is 0.273 e. The number of nitrogens with zero attached hydrogens (tertiary/aromatic N) is 1. The lowest BCUT2D eigenvalue weighted by atomic mass is 9.84. The maximum absolute atomic E-state index is 12.1. The highest BCUT2D eigenvalue weighted by Crippen LogP contribution is 2.42. The number of hydrogen-bond donors (Lipinski definition) is 3. The van der Waals surface area contributed by atoms with Gasteiger partial charge in [-0.1, -0.05) is 20.3 Å². The molecule has 0 saturated heterocycles. The lowest BCUT2D eigenvalue weighted by Crippen LogP contribution is -2.45. The van der Waals surface area contributed by atoms with Crippen LogP contribution in [-0.4, -0.2) is 33.7 Å². The minimum atomic E-state index is -0.180. The number of aromatic amines is 1. The molecule has 6 heteroatoms. The summed E-state index contributed by atoms with van der Waals surface area (Å²) in [5, 5.41) is 9.85. The predicted molar refractivity (Wildman–Crippen MR) is 79.5 cm³/mol. The van der Waals surface area contributed by atoms with Crippen molar-refractivity contribution >= 4 is 23.4 Å². The molecule has 0 spiro atoms. The molecule has 1 aliphatic carbocycles.